The Morgan fingerprint density at radius 3 is 2.40 bits per heavy atom. The van der Waals surface area contributed by atoms with Crippen molar-refractivity contribution in [2.24, 2.45) is 4.99 Å². The number of nitrogens with zero attached hydrogens (tertiary/aromatic N) is 2. The Morgan fingerprint density at radius 1 is 1.17 bits per heavy atom. The zero-order chi connectivity index (χ0) is 36.6. The maximum absolute atomic E-state index is 13.4. The number of aliphatic imine (C=N–C) groups is 1. The molecule has 1 saturated heterocycles. The van der Waals surface area contributed by atoms with Gasteiger partial charge in [0.15, 0.2) is 17.3 Å². The molecule has 48 heavy (non-hydrogen) atoms. The monoisotopic (exact) mass is 682 g/mol. The first-order valence-electron chi connectivity index (χ1n) is 15.7. The van der Waals surface area contributed by atoms with Crippen molar-refractivity contribution in [3.8, 4) is 11.5 Å². The second-order valence-electron chi connectivity index (χ2n) is 11.7. The van der Waals surface area contributed by atoms with Gasteiger partial charge in [-0.25, -0.2) is 0 Å². The van der Waals surface area contributed by atoms with Crippen molar-refractivity contribution in [3.63, 3.8) is 0 Å². The average Bonchev–Trinajstić information content (AvgIpc) is 3.35. The Morgan fingerprint density at radius 2 is 1.83 bits per heavy atom. The number of carbonyl (C=O) groups excluding carboxylic acids is 2. The summed E-state index contributed by atoms with van der Waals surface area (Å²) in [6.45, 7) is 26.0. The van der Waals surface area contributed by atoms with Crippen LogP contribution in [0.25, 0.3) is 0 Å². The number of amides is 2. The van der Waals surface area contributed by atoms with Crippen molar-refractivity contribution in [1.82, 2.24) is 10.2 Å². The molecule has 264 valence electrons. The van der Waals surface area contributed by atoms with E-state index in [-0.39, 0.29) is 23.9 Å². The molecule has 0 saturated carbocycles. The lowest BCUT2D eigenvalue weighted by molar-refractivity contribution is -0.119. The van der Waals surface area contributed by atoms with Crippen LogP contribution in [-0.2, 0) is 14.3 Å². The van der Waals surface area contributed by atoms with Gasteiger partial charge in [-0.2, -0.15) is 0 Å². The summed E-state index contributed by atoms with van der Waals surface area (Å²) >= 11 is 4.58. The first kappa shape index (κ1) is 41.8. The maximum atomic E-state index is 13.4. The number of benzene rings is 1. The molecule has 10 nitrogen and oxygen atoms in total. The topological polar surface area (TPSA) is 123 Å². The van der Waals surface area contributed by atoms with Crippen molar-refractivity contribution in [1.29, 1.82) is 5.41 Å². The highest BCUT2D eigenvalue weighted by Gasteiger charge is 2.41. The first-order chi connectivity index (χ1) is 22.6. The summed E-state index contributed by atoms with van der Waals surface area (Å²) in [5, 5.41) is 10.7. The molecule has 3 unspecified atom stereocenters. The average molecular weight is 683 g/mol. The fraction of sp³-hybridized carbons (Fsp3) is 0.459. The predicted molar refractivity (Wildman–Crippen MR) is 199 cm³/mol. The molecule has 0 aromatic heterocycles. The molecule has 2 rings (SSSR count). The Kier molecular flexibility index (Phi) is 17.6. The van der Waals surface area contributed by atoms with Gasteiger partial charge in [-0.1, -0.05) is 17.7 Å². The number of carbonyl (C=O) groups is 2. The van der Waals surface area contributed by atoms with Gasteiger partial charge in [-0.05, 0) is 70.4 Å². The third-order valence-electron chi connectivity index (χ3n) is 7.47. The molecule has 1 aromatic carbocycles. The molecule has 0 aliphatic carbocycles. The number of thiol groups is 1. The van der Waals surface area contributed by atoms with Crippen molar-refractivity contribution < 1.29 is 28.5 Å². The SMILES string of the molecule is C=C.C=C(C)CC(C=NC(C)/C(C)=C\C(OC)=C(/C)OCCCOc1cc(C)c(C(=O)N2CC(=C)CC2(S)C=N)cc1OC)NC(C)=O. The van der Waals surface area contributed by atoms with Crippen LogP contribution in [0.4, 0.5) is 0 Å². The lowest BCUT2D eigenvalue weighted by atomic mass is 10.1. The van der Waals surface area contributed by atoms with E-state index < -0.39 is 4.87 Å². The molecule has 0 radical (unpaired) electrons. The largest absolute Gasteiger partial charge is 0.494 e. The summed E-state index contributed by atoms with van der Waals surface area (Å²) in [5.41, 5.74) is 3.95. The minimum absolute atomic E-state index is 0.116. The van der Waals surface area contributed by atoms with Gasteiger partial charge in [-0.3, -0.25) is 14.6 Å². The molecule has 2 N–H and O–H groups in total. The van der Waals surface area contributed by atoms with E-state index in [1.54, 1.807) is 30.4 Å². The molecule has 1 aliphatic rings. The molecule has 2 amide bonds. The van der Waals surface area contributed by atoms with Crippen LogP contribution in [0.3, 0.4) is 0 Å². The summed E-state index contributed by atoms with van der Waals surface area (Å²) < 4.78 is 23.1. The maximum Gasteiger partial charge on any atom is 0.255 e. The van der Waals surface area contributed by atoms with Crippen LogP contribution in [0, 0.1) is 12.3 Å². The summed E-state index contributed by atoms with van der Waals surface area (Å²) in [5.74, 6) is 1.82. The van der Waals surface area contributed by atoms with Gasteiger partial charge in [0.2, 0.25) is 5.91 Å². The van der Waals surface area contributed by atoms with Crippen LogP contribution in [0.1, 0.15) is 69.8 Å². The molecule has 1 aromatic rings. The summed E-state index contributed by atoms with van der Waals surface area (Å²) in [7, 11) is 3.12. The third-order valence-corrected chi connectivity index (χ3v) is 8.00. The van der Waals surface area contributed by atoms with Crippen LogP contribution in [-0.4, -0.2) is 80.1 Å². The third kappa shape index (κ3) is 12.4. The lowest BCUT2D eigenvalue weighted by Crippen LogP contribution is -2.44. The van der Waals surface area contributed by atoms with Crippen LogP contribution in [0.15, 0.2) is 77.8 Å². The van der Waals surface area contributed by atoms with E-state index in [1.165, 1.54) is 20.2 Å². The number of allylic oxidation sites excluding steroid dienone is 2. The number of aryl methyl sites for hydroxylation is 1. The van der Waals surface area contributed by atoms with Crippen LogP contribution in [0.5, 0.6) is 11.5 Å². The zero-order valence-electron chi connectivity index (χ0n) is 29.9. The summed E-state index contributed by atoms with van der Waals surface area (Å²) in [4.78, 5) is 30.1. The van der Waals surface area contributed by atoms with Gasteiger partial charge in [0.05, 0.1) is 39.5 Å². The van der Waals surface area contributed by atoms with Crippen LogP contribution >= 0.6 is 12.6 Å². The van der Waals surface area contributed by atoms with E-state index in [1.807, 2.05) is 40.7 Å². The number of hydrogen-bond donors (Lipinski definition) is 3. The molecule has 3 atom stereocenters. The molecule has 11 heteroatoms. The lowest BCUT2D eigenvalue weighted by Gasteiger charge is -2.30. The van der Waals surface area contributed by atoms with E-state index in [2.05, 4.69) is 49.3 Å². The Hall–Kier alpha value is -4.25. The van der Waals surface area contributed by atoms with Crippen LogP contribution in [0.2, 0.25) is 0 Å². The first-order valence-corrected chi connectivity index (χ1v) is 16.1. The Bertz CT molecular complexity index is 1400. The van der Waals surface area contributed by atoms with Crippen molar-refractivity contribution in [2.75, 3.05) is 34.0 Å². The van der Waals surface area contributed by atoms with E-state index in [0.717, 1.165) is 22.3 Å². The Balaban J connectivity index is 0.00000565. The van der Waals surface area contributed by atoms with E-state index >= 15 is 0 Å². The molecular formula is C37H54N4O6S. The quantitative estimate of drug-likeness (QED) is 0.0405. The van der Waals surface area contributed by atoms with Gasteiger partial charge in [0.1, 0.15) is 10.6 Å². The highest BCUT2D eigenvalue weighted by atomic mass is 32.1. The molecule has 0 spiro atoms. The fourth-order valence-electron chi connectivity index (χ4n) is 4.86. The molecule has 1 aliphatic heterocycles. The summed E-state index contributed by atoms with van der Waals surface area (Å²) in [6.07, 6.45) is 6.48. The van der Waals surface area contributed by atoms with Crippen molar-refractivity contribution >= 4 is 36.9 Å². The molecule has 0 bridgehead atoms. The summed E-state index contributed by atoms with van der Waals surface area (Å²) in [6, 6.07) is 3.10. The predicted octanol–water partition coefficient (Wildman–Crippen LogP) is 7.02. The number of nitrogens with one attached hydrogen (secondary N) is 2. The molecular weight excluding hydrogens is 628 g/mol. The normalized spacial score (nSPS) is 17.8. The van der Waals surface area contributed by atoms with Crippen LogP contribution < -0.4 is 14.8 Å². The zero-order valence-corrected chi connectivity index (χ0v) is 30.8. The van der Waals surface area contributed by atoms with Gasteiger partial charge < -0.3 is 34.6 Å². The highest BCUT2D eigenvalue weighted by molar-refractivity contribution is 7.82. The van der Waals surface area contributed by atoms with E-state index in [0.29, 0.717) is 67.6 Å². The fourth-order valence-corrected chi connectivity index (χ4v) is 5.25. The second-order valence-corrected chi connectivity index (χ2v) is 12.4. The Labute approximate surface area is 292 Å². The van der Waals surface area contributed by atoms with Crippen molar-refractivity contribution in [3.05, 3.63) is 83.9 Å². The van der Waals surface area contributed by atoms with E-state index in [4.69, 9.17) is 24.4 Å². The molecule has 1 fully saturated rings. The standard InChI is InChI=1S/C35H50N4O6S.C2H4/c1-22(2)14-29(38-28(8)40)19-37-26(6)24(4)15-31(42-9)27(7)44-12-11-13-45-33-16-25(5)30(17-32(33)43-10)34(41)39-20-23(3)18-35(39,46)21-36;1-2/h15-17,19,21,26,29,36,46H,1,3,11-14,18,20H2,2,4-10H3,(H,38,40);1-2H2/b24-15-,31-27-,36-21?,37-19?;. The minimum atomic E-state index is -0.998. The van der Waals surface area contributed by atoms with Gasteiger partial charge in [0, 0.05) is 44.3 Å². The number of hydrogen-bond acceptors (Lipinski definition) is 9. The molecule has 1 heterocycles. The van der Waals surface area contributed by atoms with Gasteiger partial charge in [-0.15, -0.1) is 32.4 Å². The second kappa shape index (κ2) is 20.2. The smallest absolute Gasteiger partial charge is 0.255 e. The number of rotatable bonds is 17. The van der Waals surface area contributed by atoms with E-state index in [9.17, 15) is 9.59 Å². The van der Waals surface area contributed by atoms with Crippen molar-refractivity contribution in [2.45, 2.75) is 77.8 Å². The highest BCUT2D eigenvalue weighted by Crippen LogP contribution is 2.37. The number of ether oxygens (including phenoxy) is 4. The number of methoxy groups -OCH3 is 2. The minimum Gasteiger partial charge on any atom is -0.494 e. The number of likely N-dealkylation sites (tertiary alicyclic amines) is 1. The van der Waals surface area contributed by atoms with Gasteiger partial charge in [0.25, 0.3) is 5.91 Å². The van der Waals surface area contributed by atoms with Gasteiger partial charge >= 0.3 is 0 Å².